The van der Waals surface area contributed by atoms with Gasteiger partial charge in [0.15, 0.2) is 5.76 Å². The minimum Gasteiger partial charge on any atom is -0.360 e. The molecule has 1 fully saturated rings. The molecule has 0 bridgehead atoms. The van der Waals surface area contributed by atoms with Gasteiger partial charge in [-0.15, -0.1) is 11.3 Å². The highest BCUT2D eigenvalue weighted by molar-refractivity contribution is 7.17. The van der Waals surface area contributed by atoms with E-state index in [0.717, 1.165) is 58.7 Å². The van der Waals surface area contributed by atoms with Gasteiger partial charge in [-0.1, -0.05) is 36.3 Å². The smallest absolute Gasteiger partial charge is 0.265 e. The van der Waals surface area contributed by atoms with E-state index in [4.69, 9.17) is 4.52 Å². The zero-order valence-electron chi connectivity index (χ0n) is 17.1. The fraction of sp³-hybridized carbons (Fsp3) is 0.409. The minimum absolute atomic E-state index is 0.0894. The number of hydrogen-bond acceptors (Lipinski definition) is 6. The van der Waals surface area contributed by atoms with Crippen LogP contribution in [-0.4, -0.2) is 52.0 Å². The minimum atomic E-state index is 0.0894. The van der Waals surface area contributed by atoms with Crippen molar-refractivity contribution >= 4 is 17.2 Å². The number of amides is 1. The van der Waals surface area contributed by atoms with Gasteiger partial charge in [-0.05, 0) is 25.8 Å². The van der Waals surface area contributed by atoms with Crippen LogP contribution in [0.25, 0.3) is 10.6 Å². The number of carbonyl (C=O) groups excluding carboxylic acids is 1. The molecule has 0 unspecified atom stereocenters. The van der Waals surface area contributed by atoms with E-state index in [1.54, 1.807) is 0 Å². The molecule has 6 nitrogen and oxygen atoms in total. The number of thiazole rings is 1. The molecule has 1 amide bonds. The first-order chi connectivity index (χ1) is 14.0. The van der Waals surface area contributed by atoms with Gasteiger partial charge in [-0.2, -0.15) is 0 Å². The van der Waals surface area contributed by atoms with Crippen LogP contribution in [-0.2, 0) is 13.0 Å². The van der Waals surface area contributed by atoms with Crippen molar-refractivity contribution < 1.29 is 9.32 Å². The summed E-state index contributed by atoms with van der Waals surface area (Å²) in [6, 6.07) is 10.4. The van der Waals surface area contributed by atoms with Gasteiger partial charge in [-0.3, -0.25) is 9.69 Å². The maximum atomic E-state index is 13.1. The molecule has 1 aliphatic heterocycles. The number of rotatable bonds is 5. The summed E-state index contributed by atoms with van der Waals surface area (Å²) >= 11 is 1.49. The SMILES string of the molecule is CCc1ccc(-c2nc(C)c(C(=O)N3CCN(Cc4cc(C)no4)CC3)s2)cc1. The molecule has 1 saturated heterocycles. The van der Waals surface area contributed by atoms with Crippen molar-refractivity contribution in [2.45, 2.75) is 33.7 Å². The molecule has 152 valence electrons. The molecular weight excluding hydrogens is 384 g/mol. The van der Waals surface area contributed by atoms with Crippen molar-refractivity contribution in [3.63, 3.8) is 0 Å². The molecular formula is C22H26N4O2S. The van der Waals surface area contributed by atoms with Gasteiger partial charge in [0.2, 0.25) is 0 Å². The van der Waals surface area contributed by atoms with E-state index in [2.05, 4.69) is 46.2 Å². The average molecular weight is 411 g/mol. The first-order valence-corrected chi connectivity index (χ1v) is 10.9. The van der Waals surface area contributed by atoms with E-state index in [9.17, 15) is 4.79 Å². The first kappa shape index (κ1) is 19.8. The van der Waals surface area contributed by atoms with Gasteiger partial charge >= 0.3 is 0 Å². The van der Waals surface area contributed by atoms with E-state index >= 15 is 0 Å². The van der Waals surface area contributed by atoms with Gasteiger partial charge in [0, 0.05) is 37.8 Å². The van der Waals surface area contributed by atoms with E-state index < -0.39 is 0 Å². The lowest BCUT2D eigenvalue weighted by Gasteiger charge is -2.34. The Hall–Kier alpha value is -2.51. The predicted molar refractivity (Wildman–Crippen MR) is 114 cm³/mol. The predicted octanol–water partition coefficient (Wildman–Crippen LogP) is 3.94. The lowest BCUT2D eigenvalue weighted by Crippen LogP contribution is -2.48. The van der Waals surface area contributed by atoms with Crippen molar-refractivity contribution in [1.82, 2.24) is 19.9 Å². The van der Waals surface area contributed by atoms with E-state index in [1.165, 1.54) is 16.9 Å². The van der Waals surface area contributed by atoms with Gasteiger partial charge in [0.05, 0.1) is 17.9 Å². The van der Waals surface area contributed by atoms with Crippen LogP contribution in [0.5, 0.6) is 0 Å². The number of benzene rings is 1. The van der Waals surface area contributed by atoms with Crippen LogP contribution in [0, 0.1) is 13.8 Å². The molecule has 1 aliphatic rings. The Morgan fingerprint density at radius 1 is 1.14 bits per heavy atom. The molecule has 4 rings (SSSR count). The average Bonchev–Trinajstić information content (AvgIpc) is 3.33. The molecule has 0 spiro atoms. The van der Waals surface area contributed by atoms with Crippen LogP contribution >= 0.6 is 11.3 Å². The molecule has 0 radical (unpaired) electrons. The highest BCUT2D eigenvalue weighted by Gasteiger charge is 2.26. The van der Waals surface area contributed by atoms with E-state index in [0.29, 0.717) is 13.1 Å². The largest absolute Gasteiger partial charge is 0.360 e. The van der Waals surface area contributed by atoms with Crippen molar-refractivity contribution in [3.05, 3.63) is 57.9 Å². The van der Waals surface area contributed by atoms with Crippen LogP contribution in [0.1, 0.15) is 39.3 Å². The molecule has 0 N–H and O–H groups in total. The fourth-order valence-electron chi connectivity index (χ4n) is 3.57. The normalized spacial score (nSPS) is 15.1. The summed E-state index contributed by atoms with van der Waals surface area (Å²) in [5.41, 5.74) is 4.09. The second-order valence-corrected chi connectivity index (χ2v) is 8.49. The zero-order chi connectivity index (χ0) is 20.4. The van der Waals surface area contributed by atoms with Crippen LogP contribution in [0.4, 0.5) is 0 Å². The number of aromatic nitrogens is 2. The Balaban J connectivity index is 1.40. The number of carbonyl (C=O) groups is 1. The Morgan fingerprint density at radius 3 is 2.48 bits per heavy atom. The highest BCUT2D eigenvalue weighted by atomic mass is 32.1. The summed E-state index contributed by atoms with van der Waals surface area (Å²) in [6.45, 7) is 9.81. The third-order valence-electron chi connectivity index (χ3n) is 5.32. The van der Waals surface area contributed by atoms with Crippen molar-refractivity contribution in [2.24, 2.45) is 0 Å². The number of hydrogen-bond donors (Lipinski definition) is 0. The summed E-state index contributed by atoms with van der Waals surface area (Å²) in [4.78, 5) is 22.7. The maximum Gasteiger partial charge on any atom is 0.265 e. The van der Waals surface area contributed by atoms with E-state index in [-0.39, 0.29) is 5.91 Å². The van der Waals surface area contributed by atoms with Crippen molar-refractivity contribution in [3.8, 4) is 10.6 Å². The van der Waals surface area contributed by atoms with Crippen molar-refractivity contribution in [2.75, 3.05) is 26.2 Å². The summed E-state index contributed by atoms with van der Waals surface area (Å²) in [5.74, 6) is 0.964. The third-order valence-corrected chi connectivity index (χ3v) is 6.51. The number of aryl methyl sites for hydroxylation is 3. The Kier molecular flexibility index (Phi) is 5.78. The van der Waals surface area contributed by atoms with Gasteiger partial charge in [0.1, 0.15) is 9.88 Å². The quantitative estimate of drug-likeness (QED) is 0.638. The Morgan fingerprint density at radius 2 is 1.86 bits per heavy atom. The van der Waals surface area contributed by atoms with Gasteiger partial charge in [0.25, 0.3) is 5.91 Å². The molecule has 1 aromatic carbocycles. The third kappa shape index (κ3) is 4.41. The summed E-state index contributed by atoms with van der Waals surface area (Å²) in [5, 5.41) is 4.85. The monoisotopic (exact) mass is 410 g/mol. The van der Waals surface area contributed by atoms with E-state index in [1.807, 2.05) is 24.8 Å². The molecule has 0 atom stereocenters. The van der Waals surface area contributed by atoms with Gasteiger partial charge in [-0.25, -0.2) is 4.98 Å². The second kappa shape index (κ2) is 8.47. The molecule has 3 heterocycles. The number of nitrogens with zero attached hydrogens (tertiary/aromatic N) is 4. The topological polar surface area (TPSA) is 62.5 Å². The highest BCUT2D eigenvalue weighted by Crippen LogP contribution is 2.29. The summed E-state index contributed by atoms with van der Waals surface area (Å²) in [7, 11) is 0. The van der Waals surface area contributed by atoms with Crippen LogP contribution < -0.4 is 0 Å². The molecule has 3 aromatic rings. The number of piperazine rings is 1. The van der Waals surface area contributed by atoms with Crippen LogP contribution in [0.2, 0.25) is 0 Å². The lowest BCUT2D eigenvalue weighted by molar-refractivity contribution is 0.0621. The maximum absolute atomic E-state index is 13.1. The molecule has 0 saturated carbocycles. The van der Waals surface area contributed by atoms with Crippen LogP contribution in [0.3, 0.4) is 0 Å². The second-order valence-electron chi connectivity index (χ2n) is 7.49. The molecule has 0 aliphatic carbocycles. The molecule has 29 heavy (non-hydrogen) atoms. The molecule has 2 aromatic heterocycles. The summed E-state index contributed by atoms with van der Waals surface area (Å²) < 4.78 is 5.31. The van der Waals surface area contributed by atoms with Crippen LogP contribution in [0.15, 0.2) is 34.9 Å². The lowest BCUT2D eigenvalue weighted by atomic mass is 10.1. The molecule has 7 heteroatoms. The standard InChI is InChI=1S/C22H26N4O2S/c1-4-17-5-7-18(8-6-17)21-23-16(3)20(29-21)22(27)26-11-9-25(10-12-26)14-19-13-15(2)24-28-19/h5-8,13H,4,9-12,14H2,1-3H3. The summed E-state index contributed by atoms with van der Waals surface area (Å²) in [6.07, 6.45) is 1.02. The fourth-order valence-corrected chi connectivity index (χ4v) is 4.60. The van der Waals surface area contributed by atoms with Crippen molar-refractivity contribution in [1.29, 1.82) is 0 Å². The zero-order valence-corrected chi connectivity index (χ0v) is 18.0. The van der Waals surface area contributed by atoms with Gasteiger partial charge < -0.3 is 9.42 Å². The Bertz CT molecular complexity index is 985. The first-order valence-electron chi connectivity index (χ1n) is 10.0. The Labute approximate surface area is 175 Å².